The molecule has 0 aromatic carbocycles. The maximum Gasteiger partial charge on any atom is 0.304 e. The maximum absolute atomic E-state index is 11.8. The molecule has 2 atom stereocenters. The molecule has 8 nitrogen and oxygen atoms in total. The van der Waals surface area contributed by atoms with Gasteiger partial charge in [-0.1, -0.05) is 0 Å². The molecule has 19 heavy (non-hydrogen) atoms. The lowest BCUT2D eigenvalue weighted by Crippen LogP contribution is -2.50. The average molecular weight is 296 g/mol. The second kappa shape index (κ2) is 6.14. The zero-order valence-corrected chi connectivity index (χ0v) is 11.8. The van der Waals surface area contributed by atoms with Gasteiger partial charge in [0.1, 0.15) is 5.60 Å². The standard InChI is InChI=1S/C10H20N2O6S/c1-8-10(15,4-6-18-8)7-11-19(16,17)12(2)5-3-9(13)14/h8,11,15H,3-7H2,1-2H3,(H,13,14). The Morgan fingerprint density at radius 3 is 2.68 bits per heavy atom. The Balaban J connectivity index is 2.52. The number of carboxylic acids is 1. The molecule has 0 radical (unpaired) electrons. The summed E-state index contributed by atoms with van der Waals surface area (Å²) in [4.78, 5) is 10.4. The number of carbonyl (C=O) groups is 1. The van der Waals surface area contributed by atoms with Crippen LogP contribution < -0.4 is 4.72 Å². The Kier molecular flexibility index (Phi) is 5.27. The van der Waals surface area contributed by atoms with Crippen LogP contribution in [-0.2, 0) is 19.7 Å². The molecule has 112 valence electrons. The molecule has 0 saturated carbocycles. The number of rotatable bonds is 7. The van der Waals surface area contributed by atoms with Crippen molar-refractivity contribution in [1.82, 2.24) is 9.03 Å². The van der Waals surface area contributed by atoms with Gasteiger partial charge in [-0.3, -0.25) is 4.79 Å². The highest BCUT2D eigenvalue weighted by atomic mass is 32.2. The van der Waals surface area contributed by atoms with E-state index in [0.29, 0.717) is 13.0 Å². The summed E-state index contributed by atoms with van der Waals surface area (Å²) in [5.41, 5.74) is -1.22. The number of aliphatic carboxylic acids is 1. The molecule has 0 bridgehead atoms. The molecule has 9 heteroatoms. The molecular weight excluding hydrogens is 276 g/mol. The Morgan fingerprint density at radius 1 is 1.58 bits per heavy atom. The van der Waals surface area contributed by atoms with Crippen molar-refractivity contribution in [3.63, 3.8) is 0 Å². The van der Waals surface area contributed by atoms with Gasteiger partial charge in [0.05, 0.1) is 12.5 Å². The quantitative estimate of drug-likeness (QED) is 0.541. The first-order chi connectivity index (χ1) is 8.67. The van der Waals surface area contributed by atoms with E-state index in [0.717, 1.165) is 4.31 Å². The van der Waals surface area contributed by atoms with Crippen LogP contribution in [0.2, 0.25) is 0 Å². The first-order valence-corrected chi connectivity index (χ1v) is 7.38. The second-order valence-electron chi connectivity index (χ2n) is 4.66. The van der Waals surface area contributed by atoms with Crippen LogP contribution >= 0.6 is 0 Å². The highest BCUT2D eigenvalue weighted by Crippen LogP contribution is 2.24. The number of nitrogens with one attached hydrogen (secondary N) is 1. The SMILES string of the molecule is CC1OCCC1(O)CNS(=O)(=O)N(C)CCC(=O)O. The molecule has 1 heterocycles. The predicted octanol–water partition coefficient (Wildman–Crippen LogP) is -1.23. The van der Waals surface area contributed by atoms with E-state index in [1.807, 2.05) is 0 Å². The van der Waals surface area contributed by atoms with Gasteiger partial charge in [0.15, 0.2) is 0 Å². The molecule has 0 aromatic rings. The summed E-state index contributed by atoms with van der Waals surface area (Å²) < 4.78 is 32.0. The van der Waals surface area contributed by atoms with Gasteiger partial charge < -0.3 is 14.9 Å². The molecule has 1 rings (SSSR count). The van der Waals surface area contributed by atoms with E-state index in [2.05, 4.69) is 4.72 Å². The molecule has 0 aromatic heterocycles. The van der Waals surface area contributed by atoms with Crippen LogP contribution in [0.1, 0.15) is 19.8 Å². The highest BCUT2D eigenvalue weighted by molar-refractivity contribution is 7.87. The van der Waals surface area contributed by atoms with Crippen molar-refractivity contribution in [2.75, 3.05) is 26.7 Å². The molecule has 1 aliphatic heterocycles. The van der Waals surface area contributed by atoms with Crippen molar-refractivity contribution in [1.29, 1.82) is 0 Å². The first kappa shape index (κ1) is 16.3. The Labute approximate surface area is 112 Å². The maximum atomic E-state index is 11.8. The van der Waals surface area contributed by atoms with Gasteiger partial charge in [-0.05, 0) is 6.92 Å². The van der Waals surface area contributed by atoms with E-state index in [1.54, 1.807) is 6.92 Å². The minimum atomic E-state index is -3.80. The monoisotopic (exact) mass is 296 g/mol. The molecule has 0 amide bonds. The van der Waals surface area contributed by atoms with E-state index in [4.69, 9.17) is 9.84 Å². The van der Waals surface area contributed by atoms with Gasteiger partial charge in [0.25, 0.3) is 10.2 Å². The van der Waals surface area contributed by atoms with E-state index in [1.165, 1.54) is 7.05 Å². The molecule has 0 spiro atoms. The molecule has 1 aliphatic rings. The minimum absolute atomic E-state index is 0.130. The van der Waals surface area contributed by atoms with Crippen molar-refractivity contribution < 1.29 is 28.2 Å². The van der Waals surface area contributed by atoms with E-state index in [9.17, 15) is 18.3 Å². The fourth-order valence-electron chi connectivity index (χ4n) is 1.70. The van der Waals surface area contributed by atoms with Crippen LogP contribution in [0.4, 0.5) is 0 Å². The van der Waals surface area contributed by atoms with Gasteiger partial charge in [-0.15, -0.1) is 0 Å². The van der Waals surface area contributed by atoms with Gasteiger partial charge in [-0.2, -0.15) is 17.4 Å². The summed E-state index contributed by atoms with van der Waals surface area (Å²) in [5, 5.41) is 18.7. The lowest BCUT2D eigenvalue weighted by Gasteiger charge is -2.27. The van der Waals surface area contributed by atoms with Crippen molar-refractivity contribution in [2.45, 2.75) is 31.5 Å². The van der Waals surface area contributed by atoms with Gasteiger partial charge in [0, 0.05) is 33.2 Å². The van der Waals surface area contributed by atoms with Crippen molar-refractivity contribution in [3.8, 4) is 0 Å². The third-order valence-corrected chi connectivity index (χ3v) is 4.78. The number of ether oxygens (including phenoxy) is 1. The third kappa shape index (κ3) is 4.39. The van der Waals surface area contributed by atoms with Crippen LogP contribution in [-0.4, -0.2) is 67.4 Å². The number of hydrogen-bond acceptors (Lipinski definition) is 5. The molecule has 2 unspecified atom stereocenters. The van der Waals surface area contributed by atoms with Crippen LogP contribution in [0.3, 0.4) is 0 Å². The number of hydrogen-bond donors (Lipinski definition) is 3. The fourth-order valence-corrected chi connectivity index (χ4v) is 2.69. The normalized spacial score (nSPS) is 27.9. The summed E-state index contributed by atoms with van der Waals surface area (Å²) in [6.45, 7) is 1.77. The third-order valence-electron chi connectivity index (χ3n) is 3.27. The van der Waals surface area contributed by atoms with Crippen molar-refractivity contribution in [3.05, 3.63) is 0 Å². The van der Waals surface area contributed by atoms with Crippen molar-refractivity contribution in [2.24, 2.45) is 0 Å². The largest absolute Gasteiger partial charge is 0.481 e. The Bertz CT molecular complexity index is 426. The van der Waals surface area contributed by atoms with Crippen molar-refractivity contribution >= 4 is 16.2 Å². The summed E-state index contributed by atoms with van der Waals surface area (Å²) in [6.07, 6.45) is -0.365. The lowest BCUT2D eigenvalue weighted by atomic mass is 9.97. The fraction of sp³-hybridized carbons (Fsp3) is 0.900. The zero-order valence-electron chi connectivity index (χ0n) is 11.0. The zero-order chi connectivity index (χ0) is 14.7. The van der Waals surface area contributed by atoms with Gasteiger partial charge >= 0.3 is 5.97 Å². The predicted molar refractivity (Wildman–Crippen MR) is 66.8 cm³/mol. The van der Waals surface area contributed by atoms with Gasteiger partial charge in [0.2, 0.25) is 0 Å². The van der Waals surface area contributed by atoms with Crippen LogP contribution in [0, 0.1) is 0 Å². The molecule has 0 aliphatic carbocycles. The Morgan fingerprint density at radius 2 is 2.21 bits per heavy atom. The van der Waals surface area contributed by atoms with Crippen LogP contribution in [0.5, 0.6) is 0 Å². The van der Waals surface area contributed by atoms with E-state index >= 15 is 0 Å². The average Bonchev–Trinajstić information content (AvgIpc) is 2.65. The molecule has 1 fully saturated rings. The van der Waals surface area contributed by atoms with E-state index in [-0.39, 0.29) is 19.5 Å². The Hall–Kier alpha value is -0.740. The topological polar surface area (TPSA) is 116 Å². The van der Waals surface area contributed by atoms with Crippen LogP contribution in [0.15, 0.2) is 0 Å². The first-order valence-electron chi connectivity index (χ1n) is 5.94. The number of aliphatic hydroxyl groups is 1. The minimum Gasteiger partial charge on any atom is -0.481 e. The summed E-state index contributed by atoms with van der Waals surface area (Å²) >= 11 is 0. The smallest absolute Gasteiger partial charge is 0.304 e. The van der Waals surface area contributed by atoms with E-state index < -0.39 is 27.9 Å². The second-order valence-corrected chi connectivity index (χ2v) is 6.52. The van der Waals surface area contributed by atoms with Crippen LogP contribution in [0.25, 0.3) is 0 Å². The van der Waals surface area contributed by atoms with Gasteiger partial charge in [-0.25, -0.2) is 0 Å². The summed E-state index contributed by atoms with van der Waals surface area (Å²) in [7, 11) is -2.52. The molecule has 3 N–H and O–H groups in total. The summed E-state index contributed by atoms with van der Waals surface area (Å²) in [6, 6.07) is 0. The lowest BCUT2D eigenvalue weighted by molar-refractivity contribution is -0.137. The number of nitrogens with zero attached hydrogens (tertiary/aromatic N) is 1. The number of carboxylic acid groups (broad SMARTS) is 1. The highest BCUT2D eigenvalue weighted by Gasteiger charge is 2.40. The molecule has 1 saturated heterocycles. The summed E-state index contributed by atoms with van der Waals surface area (Å²) in [5.74, 6) is -1.07. The molecular formula is C10H20N2O6S.